The van der Waals surface area contributed by atoms with Gasteiger partial charge in [-0.2, -0.15) is 5.10 Å². The molecule has 0 saturated heterocycles. The first-order chi connectivity index (χ1) is 9.97. The minimum absolute atomic E-state index is 0.173. The highest BCUT2D eigenvalue weighted by Crippen LogP contribution is 2.17. The molecule has 0 saturated carbocycles. The summed E-state index contributed by atoms with van der Waals surface area (Å²) in [7, 11) is 0. The van der Waals surface area contributed by atoms with Crippen LogP contribution in [-0.4, -0.2) is 17.0 Å². The number of nitro groups is 1. The van der Waals surface area contributed by atoms with Gasteiger partial charge in [-0.25, -0.2) is 5.43 Å². The van der Waals surface area contributed by atoms with Crippen LogP contribution in [0.25, 0.3) is 0 Å². The number of hydrogen-bond donors (Lipinski definition) is 1. The second-order valence-corrected chi connectivity index (χ2v) is 4.95. The van der Waals surface area contributed by atoms with Gasteiger partial charge >= 0.3 is 5.88 Å². The molecule has 1 aromatic heterocycles. The van der Waals surface area contributed by atoms with Crippen molar-refractivity contribution in [2.45, 2.75) is 6.92 Å². The van der Waals surface area contributed by atoms with Crippen LogP contribution < -0.4 is 5.43 Å². The number of hydrogen-bond acceptors (Lipinski definition) is 5. The lowest BCUT2D eigenvalue weighted by Gasteiger charge is -2.02. The third-order valence-electron chi connectivity index (χ3n) is 2.58. The van der Waals surface area contributed by atoms with Crippen LogP contribution in [0, 0.1) is 17.0 Å². The van der Waals surface area contributed by atoms with Gasteiger partial charge in [0, 0.05) is 10.0 Å². The Morgan fingerprint density at radius 2 is 2.19 bits per heavy atom. The summed E-state index contributed by atoms with van der Waals surface area (Å²) in [5.74, 6) is -0.606. The molecule has 1 aromatic carbocycles. The highest BCUT2D eigenvalue weighted by molar-refractivity contribution is 9.10. The van der Waals surface area contributed by atoms with E-state index in [-0.39, 0.29) is 11.6 Å². The van der Waals surface area contributed by atoms with Crippen molar-refractivity contribution in [2.24, 2.45) is 5.10 Å². The lowest BCUT2D eigenvalue weighted by atomic mass is 10.1. The Labute approximate surface area is 127 Å². The second kappa shape index (κ2) is 6.31. The lowest BCUT2D eigenvalue weighted by Crippen LogP contribution is -2.17. The molecule has 0 radical (unpaired) electrons. The predicted octanol–water partition coefficient (Wildman–Crippen LogP) is 3.02. The molecular formula is C13H10BrN3O4. The van der Waals surface area contributed by atoms with Crippen molar-refractivity contribution in [3.63, 3.8) is 0 Å². The number of benzene rings is 1. The van der Waals surface area contributed by atoms with Gasteiger partial charge in [0.1, 0.15) is 4.92 Å². The third-order valence-corrected chi connectivity index (χ3v) is 3.44. The summed E-state index contributed by atoms with van der Waals surface area (Å²) in [6, 6.07) is 7.75. The quantitative estimate of drug-likeness (QED) is 0.519. The summed E-state index contributed by atoms with van der Waals surface area (Å²) in [6.07, 6.45) is 1.19. The first-order valence-electron chi connectivity index (χ1n) is 5.81. The van der Waals surface area contributed by atoms with E-state index in [9.17, 15) is 14.9 Å². The van der Waals surface area contributed by atoms with E-state index in [0.29, 0.717) is 5.56 Å². The molecule has 2 aromatic rings. The van der Waals surface area contributed by atoms with Gasteiger partial charge in [0.25, 0.3) is 5.91 Å². The zero-order valence-electron chi connectivity index (χ0n) is 10.9. The van der Waals surface area contributed by atoms with Crippen LogP contribution in [0.2, 0.25) is 0 Å². The predicted molar refractivity (Wildman–Crippen MR) is 79.3 cm³/mol. The molecular weight excluding hydrogens is 342 g/mol. The summed E-state index contributed by atoms with van der Waals surface area (Å²) in [4.78, 5) is 21.6. The summed E-state index contributed by atoms with van der Waals surface area (Å²) < 4.78 is 5.68. The van der Waals surface area contributed by atoms with Crippen LogP contribution in [0.5, 0.6) is 0 Å². The maximum Gasteiger partial charge on any atom is 0.433 e. The van der Waals surface area contributed by atoms with E-state index in [1.54, 1.807) is 18.2 Å². The first kappa shape index (κ1) is 14.9. The molecule has 0 unspecified atom stereocenters. The van der Waals surface area contributed by atoms with Crippen LogP contribution in [0.15, 0.2) is 44.3 Å². The van der Waals surface area contributed by atoms with Gasteiger partial charge in [0.2, 0.25) is 0 Å². The third kappa shape index (κ3) is 3.76. The molecule has 0 aliphatic heterocycles. The van der Waals surface area contributed by atoms with Crippen molar-refractivity contribution in [1.82, 2.24) is 5.43 Å². The number of nitrogens with one attached hydrogen (secondary N) is 1. The highest BCUT2D eigenvalue weighted by atomic mass is 79.9. The minimum atomic E-state index is -0.653. The van der Waals surface area contributed by atoms with E-state index < -0.39 is 10.8 Å². The summed E-state index contributed by atoms with van der Waals surface area (Å²) in [5, 5.41) is 14.1. The van der Waals surface area contributed by atoms with Crippen LogP contribution in [0.1, 0.15) is 21.7 Å². The molecule has 7 nitrogen and oxygen atoms in total. The molecule has 1 amide bonds. The Bertz CT molecular complexity index is 724. The fraction of sp³-hybridized carbons (Fsp3) is 0.0769. The molecule has 0 fully saturated rings. The Hall–Kier alpha value is -2.48. The number of carbonyl (C=O) groups excluding carboxylic acids is 1. The summed E-state index contributed by atoms with van der Waals surface area (Å²) in [6.45, 7) is 1.91. The van der Waals surface area contributed by atoms with Gasteiger partial charge in [0.15, 0.2) is 5.76 Å². The molecule has 21 heavy (non-hydrogen) atoms. The van der Waals surface area contributed by atoms with Gasteiger partial charge in [-0.15, -0.1) is 0 Å². The number of amides is 1. The average molecular weight is 352 g/mol. The maximum atomic E-state index is 11.8. The SMILES string of the molecule is Cc1ccc(C(=O)NN=Cc2ccc([N+](=O)[O-])o2)cc1Br. The number of halogens is 1. The fourth-order valence-corrected chi connectivity index (χ4v) is 1.84. The normalized spacial score (nSPS) is 10.8. The molecule has 0 spiro atoms. The van der Waals surface area contributed by atoms with Crippen molar-refractivity contribution in [3.8, 4) is 0 Å². The molecule has 108 valence electrons. The first-order valence-corrected chi connectivity index (χ1v) is 6.60. The molecule has 0 atom stereocenters. The molecule has 8 heteroatoms. The van der Waals surface area contributed by atoms with E-state index in [4.69, 9.17) is 4.42 Å². The van der Waals surface area contributed by atoms with Crippen molar-refractivity contribution in [3.05, 3.63) is 61.8 Å². The molecule has 0 bridgehead atoms. The Kier molecular flexibility index (Phi) is 4.49. The largest absolute Gasteiger partial charge is 0.433 e. The van der Waals surface area contributed by atoms with Gasteiger partial charge in [0.05, 0.1) is 12.3 Å². The number of carbonyl (C=O) groups is 1. The number of hydrazone groups is 1. The van der Waals surface area contributed by atoms with E-state index in [1.807, 2.05) is 6.92 Å². The maximum absolute atomic E-state index is 11.8. The van der Waals surface area contributed by atoms with Crippen molar-refractivity contribution >= 4 is 33.9 Å². The highest BCUT2D eigenvalue weighted by Gasteiger charge is 2.10. The standard InChI is InChI=1S/C13H10BrN3O4/c1-8-2-3-9(6-11(8)14)13(18)16-15-7-10-4-5-12(21-10)17(19)20/h2-7H,1H3,(H,16,18). The van der Waals surface area contributed by atoms with Gasteiger partial charge in [-0.1, -0.05) is 22.0 Å². The fourth-order valence-electron chi connectivity index (χ4n) is 1.46. The van der Waals surface area contributed by atoms with Crippen LogP contribution >= 0.6 is 15.9 Å². The zero-order valence-corrected chi connectivity index (χ0v) is 12.5. The van der Waals surface area contributed by atoms with Gasteiger partial charge in [-0.3, -0.25) is 14.9 Å². The average Bonchev–Trinajstić information content (AvgIpc) is 2.91. The molecule has 0 aliphatic rings. The topological polar surface area (TPSA) is 97.7 Å². The zero-order chi connectivity index (χ0) is 15.4. The van der Waals surface area contributed by atoms with Crippen LogP contribution in [-0.2, 0) is 0 Å². The summed E-state index contributed by atoms with van der Waals surface area (Å²) in [5.41, 5.74) is 3.76. The number of furan rings is 1. The molecule has 1 N–H and O–H groups in total. The van der Waals surface area contributed by atoms with Crippen LogP contribution in [0.3, 0.4) is 0 Å². The van der Waals surface area contributed by atoms with E-state index in [0.717, 1.165) is 10.0 Å². The smallest absolute Gasteiger partial charge is 0.400 e. The van der Waals surface area contributed by atoms with E-state index >= 15 is 0 Å². The monoisotopic (exact) mass is 351 g/mol. The second-order valence-electron chi connectivity index (χ2n) is 4.10. The van der Waals surface area contributed by atoms with E-state index in [1.165, 1.54) is 18.3 Å². The van der Waals surface area contributed by atoms with E-state index in [2.05, 4.69) is 26.5 Å². The Balaban J connectivity index is 2.01. The molecule has 0 aliphatic carbocycles. The van der Waals surface area contributed by atoms with Crippen molar-refractivity contribution in [2.75, 3.05) is 0 Å². The van der Waals surface area contributed by atoms with Gasteiger partial charge in [-0.05, 0) is 30.7 Å². The Morgan fingerprint density at radius 3 is 2.81 bits per heavy atom. The number of aryl methyl sites for hydroxylation is 1. The van der Waals surface area contributed by atoms with Gasteiger partial charge < -0.3 is 4.42 Å². The number of rotatable bonds is 4. The van der Waals surface area contributed by atoms with Crippen molar-refractivity contribution in [1.29, 1.82) is 0 Å². The molecule has 1 heterocycles. The lowest BCUT2D eigenvalue weighted by molar-refractivity contribution is -0.402. The van der Waals surface area contributed by atoms with Crippen LogP contribution in [0.4, 0.5) is 5.88 Å². The minimum Gasteiger partial charge on any atom is -0.400 e. The summed E-state index contributed by atoms with van der Waals surface area (Å²) >= 11 is 3.34. The number of nitrogens with zero attached hydrogens (tertiary/aromatic N) is 2. The molecule has 2 rings (SSSR count). The van der Waals surface area contributed by atoms with Crippen molar-refractivity contribution < 1.29 is 14.1 Å². The Morgan fingerprint density at radius 1 is 1.43 bits per heavy atom.